The third-order valence-electron chi connectivity index (χ3n) is 2.55. The number of halogens is 2. The van der Waals surface area contributed by atoms with Gasteiger partial charge in [-0.2, -0.15) is 0 Å². The lowest BCUT2D eigenvalue weighted by Gasteiger charge is -1.96. The summed E-state index contributed by atoms with van der Waals surface area (Å²) >= 11 is 3.41. The van der Waals surface area contributed by atoms with Gasteiger partial charge < -0.3 is 4.52 Å². The Labute approximate surface area is 105 Å². The Bertz CT molecular complexity index is 675. The Kier molecular flexibility index (Phi) is 2.44. The molecule has 2 nitrogen and oxygen atoms in total. The smallest absolute Gasteiger partial charge is 0.167 e. The van der Waals surface area contributed by atoms with Crippen LogP contribution in [0.4, 0.5) is 4.39 Å². The molecule has 0 aliphatic carbocycles. The van der Waals surface area contributed by atoms with Gasteiger partial charge in [-0.15, -0.1) is 0 Å². The molecule has 0 aliphatic heterocycles. The van der Waals surface area contributed by atoms with E-state index in [1.54, 1.807) is 12.1 Å². The molecule has 0 fully saturated rings. The monoisotopic (exact) mass is 291 g/mol. The predicted octanol–water partition coefficient (Wildman–Crippen LogP) is 4.40. The Balaban J connectivity index is 2.23. The molecule has 1 aromatic heterocycles. The van der Waals surface area contributed by atoms with E-state index in [2.05, 4.69) is 21.1 Å². The van der Waals surface area contributed by atoms with E-state index in [4.69, 9.17) is 4.52 Å². The topological polar surface area (TPSA) is 26.0 Å². The van der Waals surface area contributed by atoms with Gasteiger partial charge in [0.05, 0.1) is 5.39 Å². The molecule has 3 aromatic rings. The third kappa shape index (κ3) is 1.85. The third-order valence-corrected chi connectivity index (χ3v) is 3.04. The molecular weight excluding hydrogens is 285 g/mol. The van der Waals surface area contributed by atoms with Gasteiger partial charge in [-0.3, -0.25) is 0 Å². The van der Waals surface area contributed by atoms with Gasteiger partial charge in [-0.1, -0.05) is 21.1 Å². The quantitative estimate of drug-likeness (QED) is 0.664. The van der Waals surface area contributed by atoms with Crippen LogP contribution in [-0.2, 0) is 0 Å². The van der Waals surface area contributed by atoms with E-state index in [0.29, 0.717) is 5.58 Å². The maximum absolute atomic E-state index is 12.9. The summed E-state index contributed by atoms with van der Waals surface area (Å²) < 4.78 is 19.0. The average Bonchev–Trinajstić information content (AvgIpc) is 2.73. The molecule has 0 atom stereocenters. The van der Waals surface area contributed by atoms with Crippen molar-refractivity contribution in [2.24, 2.45) is 0 Å². The van der Waals surface area contributed by atoms with Gasteiger partial charge in [0.2, 0.25) is 0 Å². The summed E-state index contributed by atoms with van der Waals surface area (Å²) in [7, 11) is 0. The minimum absolute atomic E-state index is 0.261. The Hall–Kier alpha value is -1.68. The van der Waals surface area contributed by atoms with Crippen LogP contribution in [0.15, 0.2) is 51.5 Å². The van der Waals surface area contributed by atoms with Gasteiger partial charge in [-0.05, 0) is 42.5 Å². The molecule has 3 rings (SSSR count). The summed E-state index contributed by atoms with van der Waals surface area (Å²) in [5.41, 5.74) is 2.28. The molecule has 2 aromatic carbocycles. The molecule has 1 heterocycles. The lowest BCUT2D eigenvalue weighted by Crippen LogP contribution is -1.79. The summed E-state index contributed by atoms with van der Waals surface area (Å²) in [6.07, 6.45) is 0. The largest absolute Gasteiger partial charge is 0.356 e. The molecule has 0 N–H and O–H groups in total. The van der Waals surface area contributed by atoms with E-state index in [1.165, 1.54) is 12.1 Å². The molecule has 0 bridgehead atoms. The molecule has 0 aliphatic rings. The van der Waals surface area contributed by atoms with E-state index in [-0.39, 0.29) is 5.82 Å². The number of hydrogen-bond acceptors (Lipinski definition) is 2. The number of nitrogens with zero attached hydrogens (tertiary/aromatic N) is 1. The number of benzene rings is 2. The highest BCUT2D eigenvalue weighted by Gasteiger charge is 2.10. The molecular formula is C13H7BrFNO. The molecule has 0 unspecified atom stereocenters. The SMILES string of the molecule is Fc1ccc(-c2noc3ccc(Br)cc23)cc1. The second-order valence-electron chi connectivity index (χ2n) is 3.68. The summed E-state index contributed by atoms with van der Waals surface area (Å²) in [5, 5.41) is 4.93. The van der Waals surface area contributed by atoms with Crippen LogP contribution in [0.5, 0.6) is 0 Å². The van der Waals surface area contributed by atoms with Crippen molar-refractivity contribution >= 4 is 26.9 Å². The van der Waals surface area contributed by atoms with Crippen molar-refractivity contribution in [1.82, 2.24) is 5.16 Å². The number of rotatable bonds is 1. The molecule has 0 amide bonds. The molecule has 4 heteroatoms. The molecule has 0 saturated carbocycles. The van der Waals surface area contributed by atoms with Crippen molar-refractivity contribution in [2.75, 3.05) is 0 Å². The van der Waals surface area contributed by atoms with Crippen LogP contribution in [0.25, 0.3) is 22.2 Å². The molecule has 0 saturated heterocycles. The van der Waals surface area contributed by atoms with Gasteiger partial charge >= 0.3 is 0 Å². The fourth-order valence-corrected chi connectivity index (χ4v) is 2.09. The van der Waals surface area contributed by atoms with Crippen LogP contribution in [0.2, 0.25) is 0 Å². The summed E-state index contributed by atoms with van der Waals surface area (Å²) in [6.45, 7) is 0. The standard InChI is InChI=1S/C13H7BrFNO/c14-9-3-6-12-11(7-9)13(16-17-12)8-1-4-10(15)5-2-8/h1-7H. The van der Waals surface area contributed by atoms with Crippen LogP contribution in [0.3, 0.4) is 0 Å². The first-order valence-corrected chi connectivity index (χ1v) is 5.84. The number of fused-ring (bicyclic) bond motifs is 1. The fraction of sp³-hybridized carbons (Fsp3) is 0. The van der Waals surface area contributed by atoms with Crippen LogP contribution in [0.1, 0.15) is 0 Å². The maximum Gasteiger partial charge on any atom is 0.167 e. The van der Waals surface area contributed by atoms with E-state index in [9.17, 15) is 4.39 Å². The van der Waals surface area contributed by atoms with Crippen LogP contribution >= 0.6 is 15.9 Å². The van der Waals surface area contributed by atoms with Crippen molar-refractivity contribution in [3.05, 3.63) is 52.8 Å². The maximum atomic E-state index is 12.9. The zero-order chi connectivity index (χ0) is 11.8. The minimum Gasteiger partial charge on any atom is -0.356 e. The van der Waals surface area contributed by atoms with Gasteiger partial charge in [-0.25, -0.2) is 4.39 Å². The Morgan fingerprint density at radius 1 is 1.06 bits per heavy atom. The van der Waals surface area contributed by atoms with E-state index >= 15 is 0 Å². The van der Waals surface area contributed by atoms with Gasteiger partial charge in [0.1, 0.15) is 11.5 Å². The lowest BCUT2D eigenvalue weighted by molar-refractivity contribution is 0.459. The highest BCUT2D eigenvalue weighted by molar-refractivity contribution is 9.10. The second kappa shape index (κ2) is 3.96. The van der Waals surface area contributed by atoms with E-state index in [1.807, 2.05) is 18.2 Å². The number of aromatic nitrogens is 1. The fourth-order valence-electron chi connectivity index (χ4n) is 1.73. The summed E-state index contributed by atoms with van der Waals surface area (Å²) in [4.78, 5) is 0. The summed E-state index contributed by atoms with van der Waals surface area (Å²) in [5.74, 6) is -0.261. The number of hydrogen-bond donors (Lipinski definition) is 0. The minimum atomic E-state index is -0.261. The zero-order valence-corrected chi connectivity index (χ0v) is 10.2. The first-order valence-electron chi connectivity index (χ1n) is 5.05. The lowest BCUT2D eigenvalue weighted by atomic mass is 10.1. The Morgan fingerprint density at radius 2 is 1.82 bits per heavy atom. The predicted molar refractivity (Wildman–Crippen MR) is 67.1 cm³/mol. The Morgan fingerprint density at radius 3 is 2.59 bits per heavy atom. The van der Waals surface area contributed by atoms with Gasteiger partial charge in [0, 0.05) is 10.0 Å². The van der Waals surface area contributed by atoms with Crippen molar-refractivity contribution in [3.8, 4) is 11.3 Å². The van der Waals surface area contributed by atoms with Gasteiger partial charge in [0.15, 0.2) is 5.58 Å². The average molecular weight is 292 g/mol. The van der Waals surface area contributed by atoms with Crippen molar-refractivity contribution in [2.45, 2.75) is 0 Å². The highest BCUT2D eigenvalue weighted by atomic mass is 79.9. The van der Waals surface area contributed by atoms with Crippen LogP contribution in [0, 0.1) is 5.82 Å². The first-order chi connectivity index (χ1) is 8.24. The first kappa shape index (κ1) is 10.5. The van der Waals surface area contributed by atoms with Crippen LogP contribution in [-0.4, -0.2) is 5.16 Å². The highest BCUT2D eigenvalue weighted by Crippen LogP contribution is 2.29. The molecule has 0 radical (unpaired) electrons. The van der Waals surface area contributed by atoms with Crippen molar-refractivity contribution < 1.29 is 8.91 Å². The molecule has 17 heavy (non-hydrogen) atoms. The summed E-state index contributed by atoms with van der Waals surface area (Å²) in [6, 6.07) is 11.9. The zero-order valence-electron chi connectivity index (χ0n) is 8.65. The van der Waals surface area contributed by atoms with Crippen LogP contribution < -0.4 is 0 Å². The normalized spacial score (nSPS) is 10.9. The van der Waals surface area contributed by atoms with E-state index in [0.717, 1.165) is 21.1 Å². The molecule has 0 spiro atoms. The van der Waals surface area contributed by atoms with E-state index < -0.39 is 0 Å². The second-order valence-corrected chi connectivity index (χ2v) is 4.59. The van der Waals surface area contributed by atoms with Gasteiger partial charge in [0.25, 0.3) is 0 Å². The molecule has 84 valence electrons. The van der Waals surface area contributed by atoms with Crippen molar-refractivity contribution in [1.29, 1.82) is 0 Å². The van der Waals surface area contributed by atoms with Crippen molar-refractivity contribution in [3.63, 3.8) is 0 Å².